The molecule has 1 heterocycles. The number of likely N-dealkylation sites (tertiary alicyclic amines) is 1. The van der Waals surface area contributed by atoms with Gasteiger partial charge in [-0.2, -0.15) is 0 Å². The lowest BCUT2D eigenvalue weighted by Gasteiger charge is -2.60. The van der Waals surface area contributed by atoms with Crippen LogP contribution in [0, 0.1) is 40.4 Å². The van der Waals surface area contributed by atoms with E-state index in [1.54, 1.807) is 0 Å². The van der Waals surface area contributed by atoms with Crippen LogP contribution in [0.3, 0.4) is 0 Å². The van der Waals surface area contributed by atoms with Gasteiger partial charge in [0.2, 0.25) is 5.91 Å². The van der Waals surface area contributed by atoms with E-state index >= 15 is 0 Å². The highest BCUT2D eigenvalue weighted by atomic mass is 16.2. The third kappa shape index (κ3) is 2.31. The Kier molecular flexibility index (Phi) is 4.13. The first-order valence-electron chi connectivity index (χ1n) is 10.8. The van der Waals surface area contributed by atoms with Crippen molar-refractivity contribution in [2.45, 2.75) is 79.1 Å². The highest BCUT2D eigenvalue weighted by molar-refractivity contribution is 5.79. The minimum atomic E-state index is 0.226. The van der Waals surface area contributed by atoms with Gasteiger partial charge < -0.3 is 4.90 Å². The summed E-state index contributed by atoms with van der Waals surface area (Å²) in [5.41, 5.74) is 2.15. The molecule has 2 nitrogen and oxygen atoms in total. The molecule has 7 atom stereocenters. The van der Waals surface area contributed by atoms with Gasteiger partial charge in [0, 0.05) is 24.6 Å². The Hall–Kier alpha value is -0.790. The fraction of sp³-hybridized carbons (Fsp3) is 0.870. The summed E-state index contributed by atoms with van der Waals surface area (Å²) in [5.74, 6) is 4.39. The first kappa shape index (κ1) is 17.6. The van der Waals surface area contributed by atoms with Crippen molar-refractivity contribution in [2.75, 3.05) is 7.05 Å². The molecule has 0 bridgehead atoms. The monoisotopic (exact) mass is 343 g/mol. The van der Waals surface area contributed by atoms with Gasteiger partial charge in [-0.3, -0.25) is 4.79 Å². The molecular formula is C23H37NO. The topological polar surface area (TPSA) is 20.3 Å². The van der Waals surface area contributed by atoms with Gasteiger partial charge >= 0.3 is 0 Å². The summed E-state index contributed by atoms with van der Waals surface area (Å²) >= 11 is 0. The molecule has 1 amide bonds. The Balaban J connectivity index is 1.71. The van der Waals surface area contributed by atoms with Crippen molar-refractivity contribution in [1.82, 2.24) is 4.90 Å². The lowest BCUT2D eigenvalue weighted by molar-refractivity contribution is -0.137. The molecule has 1 saturated heterocycles. The first-order valence-corrected chi connectivity index (χ1v) is 10.8. The fourth-order valence-corrected chi connectivity index (χ4v) is 7.82. The molecule has 0 aromatic rings. The molecule has 0 radical (unpaired) electrons. The van der Waals surface area contributed by atoms with E-state index in [1.807, 2.05) is 11.9 Å². The van der Waals surface area contributed by atoms with Crippen molar-refractivity contribution in [3.63, 3.8) is 0 Å². The number of carbonyl (C=O) groups excluding carboxylic acids is 1. The average molecular weight is 344 g/mol. The minimum absolute atomic E-state index is 0.226. The van der Waals surface area contributed by atoms with E-state index in [9.17, 15) is 4.79 Å². The minimum Gasteiger partial charge on any atom is -0.319 e. The van der Waals surface area contributed by atoms with Gasteiger partial charge in [-0.1, -0.05) is 46.6 Å². The molecule has 140 valence electrons. The number of hydrogen-bond acceptors (Lipinski definition) is 1. The number of rotatable bonds is 2. The largest absolute Gasteiger partial charge is 0.319 e. The zero-order valence-corrected chi connectivity index (χ0v) is 17.0. The van der Waals surface area contributed by atoms with Crippen molar-refractivity contribution < 1.29 is 4.79 Å². The average Bonchev–Trinajstić information content (AvgIpc) is 2.91. The van der Waals surface area contributed by atoms with Gasteiger partial charge in [-0.05, 0) is 67.1 Å². The van der Waals surface area contributed by atoms with E-state index in [1.165, 1.54) is 44.2 Å². The van der Waals surface area contributed by atoms with Gasteiger partial charge in [-0.25, -0.2) is 0 Å². The molecule has 2 saturated carbocycles. The zero-order chi connectivity index (χ0) is 18.0. The highest BCUT2D eigenvalue weighted by Crippen LogP contribution is 2.67. The molecule has 0 aromatic carbocycles. The van der Waals surface area contributed by atoms with Crippen molar-refractivity contribution in [3.8, 4) is 0 Å². The molecule has 25 heavy (non-hydrogen) atoms. The van der Waals surface area contributed by atoms with Crippen molar-refractivity contribution in [1.29, 1.82) is 0 Å². The van der Waals surface area contributed by atoms with Crippen LogP contribution < -0.4 is 0 Å². The fourth-order valence-electron chi connectivity index (χ4n) is 7.82. The molecule has 4 rings (SSSR count). The standard InChI is InChI=1S/C23H37NO/c1-6-7-16-8-9-17-21-15(2)14-19-23(4,13-11-20(25)24(19)5)18(21)10-12-22(16,17)3/h14-18,21H,6-13H2,1-5H3/t15?,16?,17-,18+,21-,22+,23+/m0/s1. The zero-order valence-electron chi connectivity index (χ0n) is 17.0. The number of hydrogen-bond donors (Lipinski definition) is 0. The Morgan fingerprint density at radius 1 is 1.16 bits per heavy atom. The third-order valence-corrected chi connectivity index (χ3v) is 9.19. The molecule has 4 aliphatic rings. The van der Waals surface area contributed by atoms with Crippen molar-refractivity contribution in [3.05, 3.63) is 11.8 Å². The van der Waals surface area contributed by atoms with Crippen molar-refractivity contribution >= 4 is 5.91 Å². The number of piperidine rings is 1. The number of amides is 1. The van der Waals surface area contributed by atoms with E-state index in [4.69, 9.17) is 0 Å². The van der Waals surface area contributed by atoms with Gasteiger partial charge in [0.05, 0.1) is 0 Å². The Morgan fingerprint density at radius 2 is 1.92 bits per heavy atom. The summed E-state index contributed by atoms with van der Waals surface area (Å²) in [4.78, 5) is 14.3. The number of fused-ring (bicyclic) bond motifs is 5. The third-order valence-electron chi connectivity index (χ3n) is 9.19. The summed E-state index contributed by atoms with van der Waals surface area (Å²) in [7, 11) is 2.01. The van der Waals surface area contributed by atoms with E-state index < -0.39 is 0 Å². The number of carbonyl (C=O) groups is 1. The predicted octanol–water partition coefficient (Wildman–Crippen LogP) is 5.64. The molecule has 0 aromatic heterocycles. The van der Waals surface area contributed by atoms with E-state index in [0.29, 0.717) is 17.2 Å². The maximum absolute atomic E-state index is 12.3. The molecule has 2 heteroatoms. The summed E-state index contributed by atoms with van der Waals surface area (Å²) in [5, 5.41) is 0. The molecule has 1 aliphatic heterocycles. The van der Waals surface area contributed by atoms with E-state index in [2.05, 4.69) is 33.8 Å². The molecule has 3 aliphatic carbocycles. The maximum Gasteiger partial charge on any atom is 0.226 e. The van der Waals surface area contributed by atoms with Crippen LogP contribution in [0.1, 0.15) is 79.1 Å². The van der Waals surface area contributed by atoms with Crippen LogP contribution in [-0.4, -0.2) is 17.9 Å². The van der Waals surface area contributed by atoms with Crippen molar-refractivity contribution in [2.24, 2.45) is 40.4 Å². The van der Waals surface area contributed by atoms with Crippen LogP contribution in [0.5, 0.6) is 0 Å². The second-order valence-electron chi connectivity index (χ2n) is 10.2. The predicted molar refractivity (Wildman–Crippen MR) is 103 cm³/mol. The van der Waals surface area contributed by atoms with Crippen LogP contribution in [0.4, 0.5) is 0 Å². The number of allylic oxidation sites excluding steroid dienone is 2. The molecular weight excluding hydrogens is 306 g/mol. The Labute approximate surface area is 154 Å². The van der Waals surface area contributed by atoms with Gasteiger partial charge in [0.1, 0.15) is 0 Å². The SMILES string of the molecule is CCCC1CC[C@H]2[C@@H]3C(C)C=C4N(C)C(=O)CC[C@]4(C)[C@@H]3CC[C@]12C. The normalized spacial score (nSPS) is 49.3. The summed E-state index contributed by atoms with van der Waals surface area (Å²) < 4.78 is 0. The van der Waals surface area contributed by atoms with Gasteiger partial charge in [-0.15, -0.1) is 0 Å². The second kappa shape index (κ2) is 5.86. The Morgan fingerprint density at radius 3 is 2.64 bits per heavy atom. The van der Waals surface area contributed by atoms with Crippen LogP contribution in [0.2, 0.25) is 0 Å². The lowest BCUT2D eigenvalue weighted by Crippen LogP contribution is -2.55. The summed E-state index contributed by atoms with van der Waals surface area (Å²) in [6.45, 7) is 9.91. The van der Waals surface area contributed by atoms with E-state index in [0.717, 1.165) is 36.5 Å². The molecule has 3 fully saturated rings. The quantitative estimate of drug-likeness (QED) is 0.635. The van der Waals surface area contributed by atoms with Crippen LogP contribution in [0.15, 0.2) is 11.8 Å². The number of nitrogens with zero attached hydrogens (tertiary/aromatic N) is 1. The summed E-state index contributed by atoms with van der Waals surface area (Å²) in [6, 6.07) is 0. The van der Waals surface area contributed by atoms with Crippen LogP contribution in [0.25, 0.3) is 0 Å². The Bertz CT molecular complexity index is 595. The highest BCUT2D eigenvalue weighted by Gasteiger charge is 2.60. The van der Waals surface area contributed by atoms with Gasteiger partial charge in [0.25, 0.3) is 0 Å². The molecule has 0 spiro atoms. The summed E-state index contributed by atoms with van der Waals surface area (Å²) in [6.07, 6.45) is 12.8. The molecule has 0 N–H and O–H groups in total. The molecule has 2 unspecified atom stereocenters. The van der Waals surface area contributed by atoms with Crippen LogP contribution in [-0.2, 0) is 4.79 Å². The first-order chi connectivity index (χ1) is 11.8. The van der Waals surface area contributed by atoms with E-state index in [-0.39, 0.29) is 5.41 Å². The smallest absolute Gasteiger partial charge is 0.226 e. The van der Waals surface area contributed by atoms with Crippen LogP contribution >= 0.6 is 0 Å². The maximum atomic E-state index is 12.3. The lowest BCUT2D eigenvalue weighted by atomic mass is 9.47. The van der Waals surface area contributed by atoms with Gasteiger partial charge in [0.15, 0.2) is 0 Å². The second-order valence-corrected chi connectivity index (χ2v) is 10.2.